The van der Waals surface area contributed by atoms with Gasteiger partial charge in [0.2, 0.25) is 0 Å². The Kier molecular flexibility index (Phi) is 3.30. The van der Waals surface area contributed by atoms with E-state index in [-0.39, 0.29) is 11.7 Å². The summed E-state index contributed by atoms with van der Waals surface area (Å²) < 4.78 is 5.15. The first-order chi connectivity index (χ1) is 8.25. The first kappa shape index (κ1) is 11.1. The molecule has 2 rings (SSSR count). The first-order valence-electron chi connectivity index (χ1n) is 5.05. The van der Waals surface area contributed by atoms with Crippen LogP contribution in [0.1, 0.15) is 21.9 Å². The van der Waals surface area contributed by atoms with Gasteiger partial charge in [-0.25, -0.2) is 5.43 Å². The van der Waals surface area contributed by atoms with Gasteiger partial charge in [0.25, 0.3) is 0 Å². The molecule has 0 aliphatic rings. The second kappa shape index (κ2) is 5.07. The van der Waals surface area contributed by atoms with E-state index in [9.17, 15) is 4.79 Å². The van der Waals surface area contributed by atoms with Crippen LogP contribution >= 0.6 is 0 Å². The topological polar surface area (TPSA) is 67.5 Å². The standard InChI is InChI=1S/C12H11N3O2/c1-9-4-5-11(17-9)12(16)15-14-8-10-3-2-6-13-7-10/h2-8H,1H3,(H,15,16)/b14-8+. The lowest BCUT2D eigenvalue weighted by molar-refractivity contribution is 0.0926. The number of carbonyl (C=O) groups excluding carboxylic acids is 1. The summed E-state index contributed by atoms with van der Waals surface area (Å²) in [4.78, 5) is 15.4. The van der Waals surface area contributed by atoms with Crippen LogP contribution in [0.3, 0.4) is 0 Å². The average Bonchev–Trinajstić information content (AvgIpc) is 2.77. The second-order valence-corrected chi connectivity index (χ2v) is 3.40. The molecule has 0 aliphatic carbocycles. The summed E-state index contributed by atoms with van der Waals surface area (Å²) in [5, 5.41) is 3.80. The van der Waals surface area contributed by atoms with Crippen LogP contribution in [-0.2, 0) is 0 Å². The quantitative estimate of drug-likeness (QED) is 0.644. The monoisotopic (exact) mass is 229 g/mol. The van der Waals surface area contributed by atoms with Gasteiger partial charge in [0, 0.05) is 18.0 Å². The zero-order valence-corrected chi connectivity index (χ0v) is 9.25. The van der Waals surface area contributed by atoms with Gasteiger partial charge in [-0.15, -0.1) is 0 Å². The van der Waals surface area contributed by atoms with Crippen molar-refractivity contribution in [3.8, 4) is 0 Å². The Morgan fingerprint density at radius 1 is 1.47 bits per heavy atom. The van der Waals surface area contributed by atoms with E-state index in [1.165, 1.54) is 6.21 Å². The van der Waals surface area contributed by atoms with Gasteiger partial charge in [-0.3, -0.25) is 9.78 Å². The van der Waals surface area contributed by atoms with Gasteiger partial charge in [-0.1, -0.05) is 6.07 Å². The molecule has 0 aliphatic heterocycles. The summed E-state index contributed by atoms with van der Waals surface area (Å²) in [7, 11) is 0. The minimum absolute atomic E-state index is 0.242. The number of hydrazone groups is 1. The molecule has 1 amide bonds. The Morgan fingerprint density at radius 2 is 2.35 bits per heavy atom. The summed E-state index contributed by atoms with van der Waals surface area (Å²) in [6, 6.07) is 6.95. The Hall–Kier alpha value is -2.43. The number of nitrogens with zero attached hydrogens (tertiary/aromatic N) is 2. The van der Waals surface area contributed by atoms with Gasteiger partial charge in [0.15, 0.2) is 5.76 Å². The maximum absolute atomic E-state index is 11.5. The van der Waals surface area contributed by atoms with Crippen molar-refractivity contribution < 1.29 is 9.21 Å². The number of rotatable bonds is 3. The van der Waals surface area contributed by atoms with Gasteiger partial charge in [0.1, 0.15) is 5.76 Å². The fourth-order valence-corrected chi connectivity index (χ4v) is 1.23. The lowest BCUT2D eigenvalue weighted by atomic mass is 10.3. The normalized spacial score (nSPS) is 10.6. The molecule has 0 atom stereocenters. The highest BCUT2D eigenvalue weighted by Gasteiger charge is 2.07. The van der Waals surface area contributed by atoms with Gasteiger partial charge >= 0.3 is 5.91 Å². The second-order valence-electron chi connectivity index (χ2n) is 3.40. The highest BCUT2D eigenvalue weighted by atomic mass is 16.3. The molecule has 0 aromatic carbocycles. The molecule has 5 nitrogen and oxygen atoms in total. The Morgan fingerprint density at radius 3 is 3.00 bits per heavy atom. The molecule has 0 fully saturated rings. The van der Waals surface area contributed by atoms with Crippen LogP contribution in [0.5, 0.6) is 0 Å². The van der Waals surface area contributed by atoms with Crippen LogP contribution in [0.25, 0.3) is 0 Å². The van der Waals surface area contributed by atoms with E-state index < -0.39 is 0 Å². The third kappa shape index (κ3) is 3.01. The van der Waals surface area contributed by atoms with E-state index in [2.05, 4.69) is 15.5 Å². The molecule has 0 saturated carbocycles. The molecule has 2 heterocycles. The number of furan rings is 1. The molecule has 17 heavy (non-hydrogen) atoms. The Labute approximate surface area is 98.2 Å². The number of hydrogen-bond acceptors (Lipinski definition) is 4. The van der Waals surface area contributed by atoms with Gasteiger partial charge in [-0.2, -0.15) is 5.10 Å². The van der Waals surface area contributed by atoms with Crippen LogP contribution in [0.2, 0.25) is 0 Å². The number of nitrogens with one attached hydrogen (secondary N) is 1. The molecule has 86 valence electrons. The minimum Gasteiger partial charge on any atom is -0.456 e. The maximum atomic E-state index is 11.5. The van der Waals surface area contributed by atoms with Crippen molar-refractivity contribution in [2.24, 2.45) is 5.10 Å². The largest absolute Gasteiger partial charge is 0.456 e. The van der Waals surface area contributed by atoms with Crippen molar-refractivity contribution in [1.29, 1.82) is 0 Å². The molecule has 1 N–H and O–H groups in total. The van der Waals surface area contributed by atoms with E-state index in [1.807, 2.05) is 6.07 Å². The van der Waals surface area contributed by atoms with Crippen molar-refractivity contribution in [2.75, 3.05) is 0 Å². The third-order valence-electron chi connectivity index (χ3n) is 2.03. The lowest BCUT2D eigenvalue weighted by Gasteiger charge is -1.95. The molecule has 0 radical (unpaired) electrons. The lowest BCUT2D eigenvalue weighted by Crippen LogP contribution is -2.16. The summed E-state index contributed by atoms with van der Waals surface area (Å²) in [6.45, 7) is 1.77. The molecule has 0 spiro atoms. The van der Waals surface area contributed by atoms with Crippen molar-refractivity contribution in [2.45, 2.75) is 6.92 Å². The number of hydrogen-bond donors (Lipinski definition) is 1. The van der Waals surface area contributed by atoms with Crippen LogP contribution in [-0.4, -0.2) is 17.1 Å². The van der Waals surface area contributed by atoms with Crippen LogP contribution in [0.15, 0.2) is 46.2 Å². The molecule has 2 aromatic heterocycles. The van der Waals surface area contributed by atoms with Crippen molar-refractivity contribution >= 4 is 12.1 Å². The molecule has 0 bridgehead atoms. The zero-order chi connectivity index (χ0) is 12.1. The Bertz CT molecular complexity index is 532. The van der Waals surface area contributed by atoms with E-state index in [1.54, 1.807) is 37.5 Å². The smallest absolute Gasteiger partial charge is 0.307 e. The molecule has 5 heteroatoms. The third-order valence-corrected chi connectivity index (χ3v) is 2.03. The molecular weight excluding hydrogens is 218 g/mol. The predicted molar refractivity (Wildman–Crippen MR) is 62.7 cm³/mol. The zero-order valence-electron chi connectivity index (χ0n) is 9.25. The van der Waals surface area contributed by atoms with Gasteiger partial charge < -0.3 is 4.42 Å². The average molecular weight is 229 g/mol. The van der Waals surface area contributed by atoms with Crippen molar-refractivity contribution in [1.82, 2.24) is 10.4 Å². The molecular formula is C12H11N3O2. The molecule has 2 aromatic rings. The summed E-state index contributed by atoms with van der Waals surface area (Å²) >= 11 is 0. The van der Waals surface area contributed by atoms with Gasteiger partial charge in [-0.05, 0) is 25.1 Å². The fraction of sp³-hybridized carbons (Fsp3) is 0.0833. The van der Waals surface area contributed by atoms with E-state index in [0.29, 0.717) is 5.76 Å². The first-order valence-corrected chi connectivity index (χ1v) is 5.05. The maximum Gasteiger partial charge on any atom is 0.307 e. The minimum atomic E-state index is -0.377. The van der Waals surface area contributed by atoms with Crippen LogP contribution < -0.4 is 5.43 Å². The number of aromatic nitrogens is 1. The molecule has 0 unspecified atom stereocenters. The number of aryl methyl sites for hydroxylation is 1. The highest BCUT2D eigenvalue weighted by Crippen LogP contribution is 2.05. The number of carbonyl (C=O) groups is 1. The fourth-order valence-electron chi connectivity index (χ4n) is 1.23. The number of pyridine rings is 1. The predicted octanol–water partition coefficient (Wildman–Crippen LogP) is 1.75. The SMILES string of the molecule is Cc1ccc(C(=O)N/N=C/c2cccnc2)o1. The summed E-state index contributed by atoms with van der Waals surface area (Å²) in [5.41, 5.74) is 3.18. The van der Waals surface area contributed by atoms with E-state index in [0.717, 1.165) is 5.56 Å². The summed E-state index contributed by atoms with van der Waals surface area (Å²) in [6.07, 6.45) is 4.83. The molecule has 0 saturated heterocycles. The van der Waals surface area contributed by atoms with Crippen molar-refractivity contribution in [3.05, 3.63) is 53.7 Å². The van der Waals surface area contributed by atoms with E-state index in [4.69, 9.17) is 4.42 Å². The summed E-state index contributed by atoms with van der Waals surface area (Å²) in [5.74, 6) is 0.551. The Balaban J connectivity index is 1.95. The number of amides is 1. The van der Waals surface area contributed by atoms with Crippen molar-refractivity contribution in [3.63, 3.8) is 0 Å². The van der Waals surface area contributed by atoms with Gasteiger partial charge in [0.05, 0.1) is 6.21 Å². The van der Waals surface area contributed by atoms with Crippen LogP contribution in [0.4, 0.5) is 0 Å². The highest BCUT2D eigenvalue weighted by molar-refractivity contribution is 5.92. The van der Waals surface area contributed by atoms with Crippen LogP contribution in [0, 0.1) is 6.92 Å². The van der Waals surface area contributed by atoms with E-state index >= 15 is 0 Å².